The maximum atomic E-state index is 13.6. The van der Waals surface area contributed by atoms with Gasteiger partial charge in [-0.1, -0.05) is 0 Å². The maximum absolute atomic E-state index is 13.6. The van der Waals surface area contributed by atoms with Crippen molar-refractivity contribution in [2.45, 2.75) is 13.8 Å². The van der Waals surface area contributed by atoms with Crippen molar-refractivity contribution in [3.63, 3.8) is 0 Å². The lowest BCUT2D eigenvalue weighted by Crippen LogP contribution is -2.14. The molecule has 2 aromatic rings. The van der Waals surface area contributed by atoms with Crippen molar-refractivity contribution in [1.29, 1.82) is 0 Å². The molecule has 0 bridgehead atoms. The van der Waals surface area contributed by atoms with Crippen LogP contribution in [0.2, 0.25) is 0 Å². The zero-order valence-electron chi connectivity index (χ0n) is 12.8. The van der Waals surface area contributed by atoms with Crippen molar-refractivity contribution in [2.24, 2.45) is 0 Å². The molecule has 0 spiro atoms. The summed E-state index contributed by atoms with van der Waals surface area (Å²) >= 11 is 0. The van der Waals surface area contributed by atoms with Crippen LogP contribution in [0, 0.1) is 11.6 Å². The van der Waals surface area contributed by atoms with E-state index in [1.165, 1.54) is 36.4 Å². The van der Waals surface area contributed by atoms with E-state index in [1.54, 1.807) is 13.8 Å². The lowest BCUT2D eigenvalue weighted by molar-refractivity contribution is 0.229. The quantitative estimate of drug-likeness (QED) is 0.687. The van der Waals surface area contributed by atoms with Gasteiger partial charge in [-0.05, 0) is 56.3 Å². The van der Waals surface area contributed by atoms with Crippen molar-refractivity contribution in [2.75, 3.05) is 13.2 Å². The van der Waals surface area contributed by atoms with Crippen LogP contribution < -0.4 is 10.0 Å². The molecule has 0 saturated carbocycles. The summed E-state index contributed by atoms with van der Waals surface area (Å²) in [7, 11) is -3.72. The smallest absolute Gasteiger partial charge is 0.365 e. The molecule has 0 fully saturated rings. The molecule has 7 heteroatoms. The van der Waals surface area contributed by atoms with Crippen molar-refractivity contribution < 1.29 is 27.1 Å². The van der Waals surface area contributed by atoms with Gasteiger partial charge in [0.1, 0.15) is 28.4 Å². The minimum atomic E-state index is -3.72. The lowest BCUT2D eigenvalue weighted by atomic mass is 10.3. The largest absolute Gasteiger partial charge is 0.456 e. The average molecular weight is 342 g/mol. The van der Waals surface area contributed by atoms with Gasteiger partial charge >= 0.3 is 7.60 Å². The van der Waals surface area contributed by atoms with Gasteiger partial charge < -0.3 is 13.8 Å². The third-order valence-electron chi connectivity index (χ3n) is 2.86. The minimum Gasteiger partial charge on any atom is -0.456 e. The van der Waals surface area contributed by atoms with Crippen LogP contribution in [0.3, 0.4) is 0 Å². The van der Waals surface area contributed by atoms with E-state index in [9.17, 15) is 13.3 Å². The fourth-order valence-corrected chi connectivity index (χ4v) is 3.64. The summed E-state index contributed by atoms with van der Waals surface area (Å²) in [6, 6.07) is 8.84. The number of hydrogen-bond acceptors (Lipinski definition) is 4. The topological polar surface area (TPSA) is 44.8 Å². The average Bonchev–Trinajstić information content (AvgIpc) is 2.51. The third kappa shape index (κ3) is 4.38. The fraction of sp³-hybridized carbons (Fsp3) is 0.250. The Morgan fingerprint density at radius 1 is 0.913 bits per heavy atom. The standard InChI is InChI=1S/C16H17F2O4P/c1-3-20-23(19,21-4-2)16-11-13(18)7-10-15(16)22-14-8-5-12(17)6-9-14/h5-11H,3-4H2,1-2H3. The zero-order valence-corrected chi connectivity index (χ0v) is 13.7. The van der Waals surface area contributed by atoms with E-state index in [1.807, 2.05) is 0 Å². The van der Waals surface area contributed by atoms with Gasteiger partial charge in [0.15, 0.2) is 0 Å². The second-order valence-electron chi connectivity index (χ2n) is 4.50. The lowest BCUT2D eigenvalue weighted by Gasteiger charge is -2.20. The Labute approximate surface area is 133 Å². The molecule has 0 unspecified atom stereocenters. The Balaban J connectivity index is 2.43. The predicted octanol–water partition coefficient (Wildman–Crippen LogP) is 4.65. The molecule has 0 heterocycles. The molecular formula is C16H17F2O4P. The monoisotopic (exact) mass is 342 g/mol. The summed E-state index contributed by atoms with van der Waals surface area (Å²) in [6.07, 6.45) is 0. The minimum absolute atomic E-state index is 0.00877. The van der Waals surface area contributed by atoms with E-state index in [2.05, 4.69) is 0 Å². The highest BCUT2D eigenvalue weighted by molar-refractivity contribution is 7.62. The molecule has 4 nitrogen and oxygen atoms in total. The van der Waals surface area contributed by atoms with Crippen LogP contribution in [0.15, 0.2) is 42.5 Å². The Hall–Kier alpha value is -1.75. The molecule has 0 aliphatic carbocycles. The second kappa shape index (κ2) is 7.68. The highest BCUT2D eigenvalue weighted by Crippen LogP contribution is 2.49. The van der Waals surface area contributed by atoms with E-state index in [-0.39, 0.29) is 24.3 Å². The Bertz CT molecular complexity index is 694. The number of rotatable bonds is 7. The van der Waals surface area contributed by atoms with Gasteiger partial charge in [-0.3, -0.25) is 4.57 Å². The number of benzene rings is 2. The van der Waals surface area contributed by atoms with Crippen LogP contribution >= 0.6 is 7.60 Å². The molecule has 0 aliphatic heterocycles. The van der Waals surface area contributed by atoms with Gasteiger partial charge in [-0.15, -0.1) is 0 Å². The number of halogens is 2. The maximum Gasteiger partial charge on any atom is 0.365 e. The van der Waals surface area contributed by atoms with Gasteiger partial charge in [0.2, 0.25) is 0 Å². The van der Waals surface area contributed by atoms with Gasteiger partial charge in [-0.25, -0.2) is 8.78 Å². The molecule has 2 rings (SSSR count). The first-order valence-electron chi connectivity index (χ1n) is 7.11. The molecule has 0 aromatic heterocycles. The Kier molecular flexibility index (Phi) is 5.88. The van der Waals surface area contributed by atoms with Crippen LogP contribution in [-0.2, 0) is 13.6 Å². The summed E-state index contributed by atoms with van der Waals surface area (Å²) in [5.41, 5.74) is 0. The summed E-state index contributed by atoms with van der Waals surface area (Å²) < 4.78 is 55.5. The first-order chi connectivity index (χ1) is 11.0. The highest BCUT2D eigenvalue weighted by atomic mass is 31.2. The molecule has 0 amide bonds. The van der Waals surface area contributed by atoms with Crippen LogP contribution in [-0.4, -0.2) is 13.2 Å². The van der Waals surface area contributed by atoms with E-state index < -0.39 is 19.2 Å². The first kappa shape index (κ1) is 17.6. The fourth-order valence-electron chi connectivity index (χ4n) is 1.94. The van der Waals surface area contributed by atoms with Crippen LogP contribution in [0.25, 0.3) is 0 Å². The van der Waals surface area contributed by atoms with Crippen molar-refractivity contribution in [3.05, 3.63) is 54.1 Å². The molecule has 0 saturated heterocycles. The van der Waals surface area contributed by atoms with Gasteiger partial charge in [0, 0.05) is 0 Å². The van der Waals surface area contributed by atoms with Gasteiger partial charge in [0.25, 0.3) is 0 Å². The predicted molar refractivity (Wildman–Crippen MR) is 83.4 cm³/mol. The van der Waals surface area contributed by atoms with Crippen molar-refractivity contribution >= 4 is 12.9 Å². The van der Waals surface area contributed by atoms with E-state index in [4.69, 9.17) is 13.8 Å². The van der Waals surface area contributed by atoms with E-state index in [0.29, 0.717) is 5.75 Å². The van der Waals surface area contributed by atoms with Crippen LogP contribution in [0.1, 0.15) is 13.8 Å². The summed E-state index contributed by atoms with van der Waals surface area (Å²) in [5, 5.41) is -0.00877. The molecular weight excluding hydrogens is 325 g/mol. The molecule has 2 aromatic carbocycles. The van der Waals surface area contributed by atoms with Crippen molar-refractivity contribution in [1.82, 2.24) is 0 Å². The number of hydrogen-bond donors (Lipinski definition) is 0. The first-order valence-corrected chi connectivity index (χ1v) is 8.65. The molecule has 124 valence electrons. The Morgan fingerprint density at radius 2 is 1.48 bits per heavy atom. The van der Waals surface area contributed by atoms with Crippen molar-refractivity contribution in [3.8, 4) is 11.5 Å². The summed E-state index contributed by atoms with van der Waals surface area (Å²) in [4.78, 5) is 0. The zero-order chi connectivity index (χ0) is 16.9. The molecule has 23 heavy (non-hydrogen) atoms. The third-order valence-corrected chi connectivity index (χ3v) is 4.99. The Morgan fingerprint density at radius 3 is 2.04 bits per heavy atom. The van der Waals surface area contributed by atoms with Crippen LogP contribution in [0.4, 0.5) is 8.78 Å². The molecule has 0 atom stereocenters. The van der Waals surface area contributed by atoms with Gasteiger partial charge in [0.05, 0.1) is 13.2 Å². The van der Waals surface area contributed by atoms with E-state index in [0.717, 1.165) is 6.07 Å². The van der Waals surface area contributed by atoms with Crippen LogP contribution in [0.5, 0.6) is 11.5 Å². The highest BCUT2D eigenvalue weighted by Gasteiger charge is 2.31. The molecule has 0 aliphatic rings. The van der Waals surface area contributed by atoms with Gasteiger partial charge in [-0.2, -0.15) is 0 Å². The normalized spacial score (nSPS) is 11.5. The summed E-state index contributed by atoms with van der Waals surface area (Å²) in [6.45, 7) is 3.57. The number of ether oxygens (including phenoxy) is 1. The SMILES string of the molecule is CCOP(=O)(OCC)c1cc(F)ccc1Oc1ccc(F)cc1. The molecule has 0 N–H and O–H groups in total. The summed E-state index contributed by atoms with van der Waals surface area (Å²) in [5.74, 6) is -0.556. The second-order valence-corrected chi connectivity index (χ2v) is 6.49. The molecule has 0 radical (unpaired) electrons. The van der Waals surface area contributed by atoms with E-state index >= 15 is 0 Å².